The predicted molar refractivity (Wildman–Crippen MR) is 68.8 cm³/mol. The standard InChI is InChI=1S/C13H22N2O/c1-11(16)8-9-15(3)13-7-5-4-6-12(13)10-14-2/h4-7,11,14,16H,8-10H2,1-3H3. The molecule has 0 aliphatic carbocycles. The second-order valence-electron chi connectivity index (χ2n) is 4.22. The van der Waals surface area contributed by atoms with Crippen LogP contribution in [0.5, 0.6) is 0 Å². The molecule has 0 aliphatic heterocycles. The molecule has 2 N–H and O–H groups in total. The molecule has 0 amide bonds. The lowest BCUT2D eigenvalue weighted by atomic mass is 10.1. The number of para-hydroxylation sites is 1. The molecule has 3 heteroatoms. The van der Waals surface area contributed by atoms with E-state index in [1.165, 1.54) is 11.3 Å². The fourth-order valence-electron chi connectivity index (χ4n) is 1.72. The number of hydrogen-bond acceptors (Lipinski definition) is 3. The molecule has 0 radical (unpaired) electrons. The van der Waals surface area contributed by atoms with E-state index in [1.807, 2.05) is 20.0 Å². The molecule has 0 aliphatic rings. The molecule has 1 unspecified atom stereocenters. The number of benzene rings is 1. The first-order chi connectivity index (χ1) is 7.65. The summed E-state index contributed by atoms with van der Waals surface area (Å²) in [5, 5.41) is 12.4. The summed E-state index contributed by atoms with van der Waals surface area (Å²) in [6.45, 7) is 3.57. The highest BCUT2D eigenvalue weighted by molar-refractivity contribution is 5.52. The lowest BCUT2D eigenvalue weighted by Crippen LogP contribution is -2.23. The minimum atomic E-state index is -0.237. The topological polar surface area (TPSA) is 35.5 Å². The molecular formula is C13H22N2O. The largest absolute Gasteiger partial charge is 0.393 e. The van der Waals surface area contributed by atoms with Gasteiger partial charge in [-0.25, -0.2) is 0 Å². The van der Waals surface area contributed by atoms with Crippen molar-refractivity contribution < 1.29 is 5.11 Å². The molecule has 1 atom stereocenters. The molecule has 0 aromatic heterocycles. The molecule has 1 aromatic rings. The number of nitrogens with one attached hydrogen (secondary N) is 1. The Morgan fingerprint density at radius 1 is 1.38 bits per heavy atom. The third-order valence-corrected chi connectivity index (χ3v) is 2.65. The van der Waals surface area contributed by atoms with E-state index >= 15 is 0 Å². The predicted octanol–water partition coefficient (Wildman–Crippen LogP) is 1.61. The van der Waals surface area contributed by atoms with E-state index < -0.39 is 0 Å². The summed E-state index contributed by atoms with van der Waals surface area (Å²) in [7, 11) is 4.02. The van der Waals surface area contributed by atoms with Crippen LogP contribution in [0.4, 0.5) is 5.69 Å². The van der Waals surface area contributed by atoms with Gasteiger partial charge < -0.3 is 15.3 Å². The Morgan fingerprint density at radius 2 is 2.06 bits per heavy atom. The fraction of sp³-hybridized carbons (Fsp3) is 0.538. The Morgan fingerprint density at radius 3 is 2.69 bits per heavy atom. The zero-order valence-corrected chi connectivity index (χ0v) is 10.4. The van der Waals surface area contributed by atoms with Gasteiger partial charge in [0.15, 0.2) is 0 Å². The van der Waals surface area contributed by atoms with Crippen LogP contribution in [0.1, 0.15) is 18.9 Å². The second kappa shape index (κ2) is 6.51. The normalized spacial score (nSPS) is 12.5. The van der Waals surface area contributed by atoms with E-state index in [-0.39, 0.29) is 6.10 Å². The molecule has 0 heterocycles. The third-order valence-electron chi connectivity index (χ3n) is 2.65. The fourth-order valence-corrected chi connectivity index (χ4v) is 1.72. The minimum Gasteiger partial charge on any atom is -0.393 e. The second-order valence-corrected chi connectivity index (χ2v) is 4.22. The van der Waals surface area contributed by atoms with Crippen LogP contribution in [0.15, 0.2) is 24.3 Å². The lowest BCUT2D eigenvalue weighted by molar-refractivity contribution is 0.187. The maximum absolute atomic E-state index is 9.28. The van der Waals surface area contributed by atoms with Crippen molar-refractivity contribution >= 4 is 5.69 Å². The van der Waals surface area contributed by atoms with Gasteiger partial charge in [-0.3, -0.25) is 0 Å². The van der Waals surface area contributed by atoms with Crippen LogP contribution in [0, 0.1) is 0 Å². The van der Waals surface area contributed by atoms with Crippen LogP contribution in [0.25, 0.3) is 0 Å². The first-order valence-electron chi connectivity index (χ1n) is 5.77. The molecule has 16 heavy (non-hydrogen) atoms. The molecule has 3 nitrogen and oxygen atoms in total. The van der Waals surface area contributed by atoms with E-state index in [1.54, 1.807) is 0 Å². The van der Waals surface area contributed by atoms with Gasteiger partial charge in [-0.1, -0.05) is 18.2 Å². The van der Waals surface area contributed by atoms with E-state index in [2.05, 4.69) is 35.5 Å². The molecule has 1 aromatic carbocycles. The zero-order valence-electron chi connectivity index (χ0n) is 10.4. The van der Waals surface area contributed by atoms with Gasteiger partial charge in [0, 0.05) is 25.8 Å². The molecule has 0 saturated carbocycles. The van der Waals surface area contributed by atoms with Gasteiger partial charge >= 0.3 is 0 Å². The number of nitrogens with zero attached hydrogens (tertiary/aromatic N) is 1. The third kappa shape index (κ3) is 3.83. The van der Waals surface area contributed by atoms with Crippen molar-refractivity contribution in [2.75, 3.05) is 25.5 Å². The highest BCUT2D eigenvalue weighted by atomic mass is 16.3. The number of aliphatic hydroxyl groups excluding tert-OH is 1. The van der Waals surface area contributed by atoms with Gasteiger partial charge in [0.25, 0.3) is 0 Å². The van der Waals surface area contributed by atoms with Crippen LogP contribution in [0.3, 0.4) is 0 Å². The molecule has 0 bridgehead atoms. The molecule has 0 fully saturated rings. The van der Waals surface area contributed by atoms with Crippen molar-refractivity contribution in [2.45, 2.75) is 26.0 Å². The maximum atomic E-state index is 9.28. The Bertz CT molecular complexity index is 313. The Kier molecular flexibility index (Phi) is 5.29. The van der Waals surface area contributed by atoms with E-state index in [0.717, 1.165) is 19.5 Å². The van der Waals surface area contributed by atoms with Crippen molar-refractivity contribution in [3.8, 4) is 0 Å². The quantitative estimate of drug-likeness (QED) is 0.767. The van der Waals surface area contributed by atoms with Crippen molar-refractivity contribution in [1.29, 1.82) is 0 Å². The van der Waals surface area contributed by atoms with Crippen LogP contribution in [-0.2, 0) is 6.54 Å². The summed E-state index contributed by atoms with van der Waals surface area (Å²) < 4.78 is 0. The smallest absolute Gasteiger partial charge is 0.0528 e. The average Bonchev–Trinajstić information content (AvgIpc) is 2.27. The monoisotopic (exact) mass is 222 g/mol. The summed E-state index contributed by atoms with van der Waals surface area (Å²) in [5.41, 5.74) is 2.52. The van der Waals surface area contributed by atoms with Gasteiger partial charge in [-0.05, 0) is 32.0 Å². The first-order valence-corrected chi connectivity index (χ1v) is 5.77. The molecule has 0 spiro atoms. The minimum absolute atomic E-state index is 0.237. The van der Waals surface area contributed by atoms with Crippen LogP contribution in [0.2, 0.25) is 0 Å². The Hall–Kier alpha value is -1.06. The summed E-state index contributed by atoms with van der Waals surface area (Å²) in [5.74, 6) is 0. The van der Waals surface area contributed by atoms with Crippen LogP contribution < -0.4 is 10.2 Å². The first kappa shape index (κ1) is 13.0. The summed E-state index contributed by atoms with van der Waals surface area (Å²) in [6, 6.07) is 8.35. The molecule has 1 rings (SSSR count). The SMILES string of the molecule is CNCc1ccccc1N(C)CCC(C)O. The summed E-state index contributed by atoms with van der Waals surface area (Å²) >= 11 is 0. The number of rotatable bonds is 6. The van der Waals surface area contributed by atoms with Gasteiger partial charge in [-0.2, -0.15) is 0 Å². The van der Waals surface area contributed by atoms with Gasteiger partial charge in [0.2, 0.25) is 0 Å². The van der Waals surface area contributed by atoms with E-state index in [0.29, 0.717) is 0 Å². The maximum Gasteiger partial charge on any atom is 0.0528 e. The molecule has 0 saturated heterocycles. The van der Waals surface area contributed by atoms with Crippen LogP contribution >= 0.6 is 0 Å². The number of aliphatic hydroxyl groups is 1. The summed E-state index contributed by atoms with van der Waals surface area (Å²) in [4.78, 5) is 2.19. The van der Waals surface area contributed by atoms with Gasteiger partial charge in [0.05, 0.1) is 6.10 Å². The average molecular weight is 222 g/mol. The lowest BCUT2D eigenvalue weighted by Gasteiger charge is -2.23. The molecule has 90 valence electrons. The van der Waals surface area contributed by atoms with Crippen molar-refractivity contribution in [3.05, 3.63) is 29.8 Å². The molecular weight excluding hydrogens is 200 g/mol. The van der Waals surface area contributed by atoms with E-state index in [4.69, 9.17) is 0 Å². The van der Waals surface area contributed by atoms with Gasteiger partial charge in [0.1, 0.15) is 0 Å². The van der Waals surface area contributed by atoms with Gasteiger partial charge in [-0.15, -0.1) is 0 Å². The number of hydrogen-bond donors (Lipinski definition) is 2. The Balaban J connectivity index is 2.69. The van der Waals surface area contributed by atoms with Crippen LogP contribution in [-0.4, -0.2) is 31.9 Å². The van der Waals surface area contributed by atoms with Crippen molar-refractivity contribution in [3.63, 3.8) is 0 Å². The summed E-state index contributed by atoms with van der Waals surface area (Å²) in [6.07, 6.45) is 0.559. The van der Waals surface area contributed by atoms with E-state index in [9.17, 15) is 5.11 Å². The highest BCUT2D eigenvalue weighted by Gasteiger charge is 2.06. The highest BCUT2D eigenvalue weighted by Crippen LogP contribution is 2.19. The number of anilines is 1. The van der Waals surface area contributed by atoms with Crippen molar-refractivity contribution in [1.82, 2.24) is 5.32 Å². The Labute approximate surface area is 98.1 Å². The zero-order chi connectivity index (χ0) is 12.0. The van der Waals surface area contributed by atoms with Crippen molar-refractivity contribution in [2.24, 2.45) is 0 Å².